The minimum Gasteiger partial charge on any atom is -0.289 e. The molecule has 0 amide bonds. The van der Waals surface area contributed by atoms with Crippen LogP contribution < -0.4 is 0 Å². The van der Waals surface area contributed by atoms with Gasteiger partial charge in [-0.25, -0.2) is 0 Å². The molecule has 1 aromatic rings. The molecule has 0 aliphatic heterocycles. The Labute approximate surface area is 106 Å². The highest BCUT2D eigenvalue weighted by atomic mass is 32.2. The molecule has 0 atom stereocenters. The summed E-state index contributed by atoms with van der Waals surface area (Å²) in [7, 11) is -0.545. The van der Waals surface area contributed by atoms with Crippen molar-refractivity contribution in [1.29, 1.82) is 0 Å². The fraction of sp³-hybridized carbons (Fsp3) is 0.300. The highest BCUT2D eigenvalue weighted by molar-refractivity contribution is 7.97. The van der Waals surface area contributed by atoms with E-state index < -0.39 is 10.9 Å². The van der Waals surface area contributed by atoms with Gasteiger partial charge in [0.2, 0.25) is 5.78 Å². The second-order valence-electron chi connectivity index (χ2n) is 3.27. The molecular weight excluding hydrogens is 252 g/mol. The summed E-state index contributed by atoms with van der Waals surface area (Å²) in [5.74, 6) is 0.532. The van der Waals surface area contributed by atoms with Crippen molar-refractivity contribution in [3.8, 4) is 0 Å². The molecule has 0 radical (unpaired) electrons. The summed E-state index contributed by atoms with van der Waals surface area (Å²) < 4.78 is 0. The van der Waals surface area contributed by atoms with Gasteiger partial charge in [-0.1, -0.05) is 30.3 Å². The fourth-order valence-corrected chi connectivity index (χ4v) is 2.47. The predicted molar refractivity (Wildman–Crippen MR) is 71.0 cm³/mol. The summed E-state index contributed by atoms with van der Waals surface area (Å²) in [6, 6.07) is 8.85. The summed E-state index contributed by atoms with van der Waals surface area (Å²) in [5, 5.41) is 6.86. The Morgan fingerprint density at radius 1 is 1.11 bits per heavy atom. The van der Waals surface area contributed by atoms with Gasteiger partial charge in [-0.2, -0.15) is 0 Å². The number of Topliss-reactive ketones (excluding diaryl/α,β-unsaturated/α-hetero) is 1. The third-order valence-corrected chi connectivity index (χ3v) is 3.67. The van der Waals surface area contributed by atoms with Gasteiger partial charge in [0.1, 0.15) is 0 Å². The van der Waals surface area contributed by atoms with Crippen molar-refractivity contribution >= 4 is 16.7 Å². The Kier molecular flexibility index (Phi) is 6.21. The Balaban J connectivity index is 2.67. The zero-order valence-electron chi connectivity index (χ0n) is 9.51. The Morgan fingerprint density at radius 2 is 1.67 bits per heavy atom. The van der Waals surface area contributed by atoms with E-state index >= 15 is 0 Å². The average molecular weight is 263 g/mol. The number of carbonyl (C=O) groups excluding carboxylic acids is 1. The molecule has 7 nitrogen and oxygen atoms in total. The molecule has 0 unspecified atom stereocenters. The summed E-state index contributed by atoms with van der Waals surface area (Å²) in [5.41, 5.74) is 17.1. The van der Waals surface area contributed by atoms with Gasteiger partial charge in [0.15, 0.2) is 17.5 Å². The molecule has 0 spiro atoms. The smallest absolute Gasteiger partial charge is 0.211 e. The molecule has 18 heavy (non-hydrogen) atoms. The van der Waals surface area contributed by atoms with Crippen molar-refractivity contribution in [3.05, 3.63) is 56.8 Å². The maximum atomic E-state index is 11.9. The highest BCUT2D eigenvalue weighted by Gasteiger charge is 2.21. The molecule has 1 aromatic carbocycles. The van der Waals surface area contributed by atoms with E-state index in [0.29, 0.717) is 5.56 Å². The Bertz CT molecular complexity index is 472. The summed E-state index contributed by atoms with van der Waals surface area (Å²) >= 11 is 0. The minimum atomic E-state index is -0.545. The Morgan fingerprint density at radius 3 is 2.17 bits per heavy atom. The van der Waals surface area contributed by atoms with Crippen molar-refractivity contribution in [1.82, 2.24) is 0 Å². The van der Waals surface area contributed by atoms with Gasteiger partial charge in [0.05, 0.1) is 0 Å². The third-order valence-electron chi connectivity index (χ3n) is 2.04. The van der Waals surface area contributed by atoms with Gasteiger partial charge < -0.3 is 0 Å². The van der Waals surface area contributed by atoms with E-state index in [2.05, 4.69) is 20.1 Å². The minimum absolute atomic E-state index is 0.0415. The monoisotopic (exact) mass is 263 g/mol. The predicted octanol–water partition coefficient (Wildman–Crippen LogP) is 3.02. The molecule has 0 saturated carbocycles. The van der Waals surface area contributed by atoms with Crippen LogP contribution in [0.1, 0.15) is 10.4 Å². The molecular formula is C10H11N6OS+. The molecule has 0 bridgehead atoms. The normalized spacial score (nSPS) is 10.9. The molecule has 1 rings (SSSR count). The molecule has 0 fully saturated rings. The van der Waals surface area contributed by atoms with Crippen LogP contribution in [-0.2, 0) is 10.9 Å². The first-order chi connectivity index (χ1) is 8.77. The Hall–Kier alpha value is -2.14. The number of azide groups is 2. The quantitative estimate of drug-likeness (QED) is 0.243. The van der Waals surface area contributed by atoms with Crippen LogP contribution in [0.25, 0.3) is 20.9 Å². The van der Waals surface area contributed by atoms with Gasteiger partial charge >= 0.3 is 0 Å². The standard InChI is InChI=1S/C10H11N6OS/c11-15-13-7-18(8-14-16-12)6-10(17)9-4-2-1-3-5-9/h1-5H,6-8H2/q+1. The second-order valence-corrected chi connectivity index (χ2v) is 5.30. The molecule has 0 heterocycles. The average Bonchev–Trinajstić information content (AvgIpc) is 2.42. The highest BCUT2D eigenvalue weighted by Crippen LogP contribution is 2.06. The van der Waals surface area contributed by atoms with E-state index in [-0.39, 0.29) is 23.3 Å². The second kappa shape index (κ2) is 8.03. The van der Waals surface area contributed by atoms with Crippen molar-refractivity contribution in [3.63, 3.8) is 0 Å². The van der Waals surface area contributed by atoms with E-state index in [9.17, 15) is 4.79 Å². The molecule has 0 N–H and O–H groups in total. The van der Waals surface area contributed by atoms with Crippen molar-refractivity contribution in [2.24, 2.45) is 10.2 Å². The third kappa shape index (κ3) is 4.80. The lowest BCUT2D eigenvalue weighted by Gasteiger charge is -2.02. The van der Waals surface area contributed by atoms with Crippen LogP contribution in [0.2, 0.25) is 0 Å². The molecule has 0 saturated heterocycles. The van der Waals surface area contributed by atoms with Gasteiger partial charge in [-0.15, -0.1) is 0 Å². The number of ketones is 1. The van der Waals surface area contributed by atoms with Crippen molar-refractivity contribution in [2.75, 3.05) is 17.5 Å². The maximum absolute atomic E-state index is 11.9. The number of carbonyl (C=O) groups is 1. The van der Waals surface area contributed by atoms with Gasteiger partial charge in [0.25, 0.3) is 0 Å². The van der Waals surface area contributed by atoms with Crippen LogP contribution in [0.4, 0.5) is 0 Å². The van der Waals surface area contributed by atoms with Crippen LogP contribution in [0.15, 0.2) is 40.6 Å². The number of nitrogens with zero attached hydrogens (tertiary/aromatic N) is 6. The molecule has 0 aliphatic carbocycles. The zero-order chi connectivity index (χ0) is 13.2. The lowest BCUT2D eigenvalue weighted by atomic mass is 10.2. The van der Waals surface area contributed by atoms with E-state index in [1.54, 1.807) is 24.3 Å². The summed E-state index contributed by atoms with van der Waals surface area (Å²) in [6.45, 7) is 0. The zero-order valence-corrected chi connectivity index (χ0v) is 10.3. The topological polar surface area (TPSA) is 115 Å². The SMILES string of the molecule is [N-]=[N+]=NC[S+](CN=[N+]=[N-])CC(=O)c1ccccc1. The number of hydrogen-bond donors (Lipinski definition) is 0. The number of hydrogen-bond acceptors (Lipinski definition) is 3. The van der Waals surface area contributed by atoms with Gasteiger partial charge in [0, 0.05) is 26.3 Å². The number of benzene rings is 1. The lowest BCUT2D eigenvalue weighted by Crippen LogP contribution is -2.20. The first-order valence-electron chi connectivity index (χ1n) is 5.02. The molecule has 0 aromatic heterocycles. The van der Waals surface area contributed by atoms with E-state index in [4.69, 9.17) is 11.1 Å². The lowest BCUT2D eigenvalue weighted by molar-refractivity contribution is 0.102. The van der Waals surface area contributed by atoms with Crippen molar-refractivity contribution < 1.29 is 4.79 Å². The van der Waals surface area contributed by atoms with E-state index in [0.717, 1.165) is 0 Å². The van der Waals surface area contributed by atoms with E-state index in [1.165, 1.54) is 0 Å². The van der Waals surface area contributed by atoms with Gasteiger partial charge in [-0.05, 0) is 21.3 Å². The summed E-state index contributed by atoms with van der Waals surface area (Å²) in [4.78, 5) is 17.2. The van der Waals surface area contributed by atoms with Crippen molar-refractivity contribution in [2.45, 2.75) is 0 Å². The van der Waals surface area contributed by atoms with Gasteiger partial charge in [-0.3, -0.25) is 4.79 Å². The first-order valence-corrected chi connectivity index (χ1v) is 6.75. The fourth-order valence-electron chi connectivity index (χ4n) is 1.24. The van der Waals surface area contributed by atoms with Crippen LogP contribution in [0.3, 0.4) is 0 Å². The van der Waals surface area contributed by atoms with E-state index in [1.807, 2.05) is 6.07 Å². The van der Waals surface area contributed by atoms with Crippen LogP contribution in [0, 0.1) is 0 Å². The first kappa shape index (κ1) is 13.9. The molecule has 0 aliphatic rings. The largest absolute Gasteiger partial charge is 0.289 e. The van der Waals surface area contributed by atoms with Crippen LogP contribution in [-0.4, -0.2) is 23.3 Å². The van der Waals surface area contributed by atoms with Crippen LogP contribution >= 0.6 is 0 Å². The summed E-state index contributed by atoms with van der Waals surface area (Å²) in [6.07, 6.45) is 0. The van der Waals surface area contributed by atoms with Crippen LogP contribution in [0.5, 0.6) is 0 Å². The molecule has 92 valence electrons. The molecule has 8 heteroatoms. The maximum Gasteiger partial charge on any atom is 0.211 e. The number of rotatable bonds is 7.